The monoisotopic (exact) mass is 426 g/mol. The van der Waals surface area contributed by atoms with Crippen molar-refractivity contribution in [2.24, 2.45) is 0 Å². The van der Waals surface area contributed by atoms with Crippen LogP contribution in [0.5, 0.6) is 0 Å². The Morgan fingerprint density at radius 3 is 2.63 bits per heavy atom. The van der Waals surface area contributed by atoms with E-state index >= 15 is 0 Å². The molecule has 154 valence electrons. The maximum atomic E-state index is 12.4. The molecule has 0 aromatic carbocycles. The first-order valence-electron chi connectivity index (χ1n) is 8.83. The number of rotatable bonds is 6. The largest absolute Gasteiger partial charge is 0.464 e. The molecule has 3 heterocycles. The van der Waals surface area contributed by atoms with Crippen LogP contribution in [0, 0.1) is 0 Å². The number of nitrogens with zero attached hydrogens (tertiary/aromatic N) is 2. The number of carbonyl (C=O) groups excluding carboxylic acids is 4. The number of Topliss-reactive ketones (excluding diaryl/α,β-unsaturated/α-hetero) is 1. The van der Waals surface area contributed by atoms with Crippen LogP contribution in [-0.4, -0.2) is 47.1 Å². The van der Waals surface area contributed by atoms with E-state index in [1.165, 1.54) is 36.8 Å². The van der Waals surface area contributed by atoms with Gasteiger partial charge in [0.25, 0.3) is 11.8 Å². The maximum Gasteiger partial charge on any atom is 0.356 e. The molecule has 10 heteroatoms. The van der Waals surface area contributed by atoms with Crippen LogP contribution >= 0.6 is 11.3 Å². The summed E-state index contributed by atoms with van der Waals surface area (Å²) in [6.45, 7) is 0.109. The summed E-state index contributed by atoms with van der Waals surface area (Å²) in [6, 6.07) is 6.29. The number of thiophene rings is 1. The number of hydrogen-bond acceptors (Lipinski definition) is 8. The Balaban J connectivity index is 1.54. The first-order valence-corrected chi connectivity index (χ1v) is 9.70. The molecule has 2 amide bonds. The van der Waals surface area contributed by atoms with Gasteiger partial charge in [-0.3, -0.25) is 25.2 Å². The fourth-order valence-corrected chi connectivity index (χ4v) is 3.22. The Morgan fingerprint density at radius 2 is 1.97 bits per heavy atom. The van der Waals surface area contributed by atoms with Gasteiger partial charge in [0.15, 0.2) is 5.78 Å². The molecule has 0 atom stereocenters. The number of nitrogens with one attached hydrogen (secondary N) is 2. The van der Waals surface area contributed by atoms with Crippen molar-refractivity contribution in [3.05, 3.63) is 76.0 Å². The second kappa shape index (κ2) is 9.61. The van der Waals surface area contributed by atoms with E-state index in [9.17, 15) is 19.2 Å². The number of amides is 2. The molecule has 0 unspecified atom stereocenters. The molecule has 0 fully saturated rings. The number of ketones is 1. The van der Waals surface area contributed by atoms with E-state index in [0.717, 1.165) is 0 Å². The number of carbonyl (C=O) groups is 4. The van der Waals surface area contributed by atoms with Crippen molar-refractivity contribution in [2.75, 3.05) is 13.7 Å². The summed E-state index contributed by atoms with van der Waals surface area (Å²) in [6.07, 6.45) is 6.62. The third-order valence-electron chi connectivity index (χ3n) is 4.08. The van der Waals surface area contributed by atoms with Crippen molar-refractivity contribution < 1.29 is 23.9 Å². The van der Waals surface area contributed by atoms with Crippen LogP contribution in [0.3, 0.4) is 0 Å². The van der Waals surface area contributed by atoms with Crippen LogP contribution < -0.4 is 10.9 Å². The molecular formula is C20H18N4O5S. The Bertz CT molecular complexity index is 1010. The topological polar surface area (TPSA) is 118 Å². The Kier molecular flexibility index (Phi) is 6.71. The van der Waals surface area contributed by atoms with E-state index < -0.39 is 17.8 Å². The van der Waals surface area contributed by atoms with Gasteiger partial charge in [0.1, 0.15) is 5.69 Å². The summed E-state index contributed by atoms with van der Waals surface area (Å²) in [7, 11) is 1.23. The Labute approximate surface area is 176 Å². The third-order valence-corrected chi connectivity index (χ3v) is 4.99. The van der Waals surface area contributed by atoms with Crippen LogP contribution in [0.25, 0.3) is 0 Å². The fourth-order valence-electron chi connectivity index (χ4n) is 2.56. The van der Waals surface area contributed by atoms with Crippen LogP contribution in [0.2, 0.25) is 0 Å². The van der Waals surface area contributed by atoms with Crippen molar-refractivity contribution in [2.45, 2.75) is 6.42 Å². The summed E-state index contributed by atoms with van der Waals surface area (Å²) in [5.41, 5.74) is 5.23. The molecule has 9 nitrogen and oxygen atoms in total. The second-order valence-electron chi connectivity index (χ2n) is 6.15. The van der Waals surface area contributed by atoms with Gasteiger partial charge >= 0.3 is 5.97 Å². The van der Waals surface area contributed by atoms with Gasteiger partial charge in [-0.2, -0.15) is 0 Å². The summed E-state index contributed by atoms with van der Waals surface area (Å²) < 4.78 is 4.54. The Morgan fingerprint density at radius 1 is 1.17 bits per heavy atom. The van der Waals surface area contributed by atoms with E-state index in [2.05, 4.69) is 20.6 Å². The molecule has 1 aliphatic rings. The average molecular weight is 426 g/mol. The van der Waals surface area contributed by atoms with E-state index in [1.807, 2.05) is 5.38 Å². The maximum absolute atomic E-state index is 12.4. The van der Waals surface area contributed by atoms with Gasteiger partial charge in [-0.05, 0) is 30.0 Å². The highest BCUT2D eigenvalue weighted by Gasteiger charge is 2.17. The van der Waals surface area contributed by atoms with Crippen LogP contribution in [0.1, 0.15) is 36.9 Å². The lowest BCUT2D eigenvalue weighted by Gasteiger charge is -2.20. The van der Waals surface area contributed by atoms with E-state index in [0.29, 0.717) is 16.9 Å². The van der Waals surface area contributed by atoms with Gasteiger partial charge in [-0.25, -0.2) is 9.78 Å². The minimum Gasteiger partial charge on any atom is -0.464 e. The lowest BCUT2D eigenvalue weighted by atomic mass is 10.1. The Hall–Kier alpha value is -3.79. The van der Waals surface area contributed by atoms with Gasteiger partial charge in [-0.1, -0.05) is 12.1 Å². The number of aromatic nitrogens is 1. The number of allylic oxidation sites excluding steroid dienone is 1. The zero-order valence-corrected chi connectivity index (χ0v) is 16.8. The molecule has 0 saturated carbocycles. The smallest absolute Gasteiger partial charge is 0.356 e. The van der Waals surface area contributed by atoms with Crippen LogP contribution in [0.15, 0.2) is 59.9 Å². The first-order chi connectivity index (χ1) is 14.5. The van der Waals surface area contributed by atoms with Gasteiger partial charge in [0, 0.05) is 24.2 Å². The SMILES string of the molecule is COC(=O)c1ccc(C(=O)NNC(=O)C2=CN(CC(=O)c3cccs3)C=CC2)cn1. The van der Waals surface area contributed by atoms with Crippen molar-refractivity contribution >= 4 is 34.9 Å². The summed E-state index contributed by atoms with van der Waals surface area (Å²) >= 11 is 1.36. The number of ether oxygens (including phenoxy) is 1. The standard InChI is InChI=1S/C20H18N4O5S/c1-29-20(28)15-7-6-13(10-21-15)18(26)22-23-19(27)14-4-2-8-24(11-14)12-16(25)17-5-3-9-30-17/h2-3,5-11H,4,12H2,1H3,(H,22,26)(H,23,27). The van der Waals surface area contributed by atoms with E-state index in [-0.39, 0.29) is 23.6 Å². The molecule has 2 aromatic rings. The highest BCUT2D eigenvalue weighted by Crippen LogP contribution is 2.15. The first kappa shape index (κ1) is 20.9. The molecule has 30 heavy (non-hydrogen) atoms. The summed E-state index contributed by atoms with van der Waals surface area (Å²) in [4.78, 5) is 54.2. The number of methoxy groups -OCH3 is 1. The molecule has 0 bridgehead atoms. The molecule has 2 aromatic heterocycles. The molecule has 1 aliphatic heterocycles. The van der Waals surface area contributed by atoms with Gasteiger partial charge in [0.05, 0.1) is 24.1 Å². The third kappa shape index (κ3) is 5.17. The molecule has 0 saturated heterocycles. The van der Waals surface area contributed by atoms with Crippen LogP contribution in [0.4, 0.5) is 0 Å². The predicted molar refractivity (Wildman–Crippen MR) is 108 cm³/mol. The van der Waals surface area contributed by atoms with E-state index in [4.69, 9.17) is 0 Å². The predicted octanol–water partition coefficient (Wildman–Crippen LogP) is 1.68. The highest BCUT2D eigenvalue weighted by molar-refractivity contribution is 7.12. The molecule has 2 N–H and O–H groups in total. The number of esters is 1. The van der Waals surface area contributed by atoms with Crippen molar-refractivity contribution in [1.29, 1.82) is 0 Å². The quantitative estimate of drug-likeness (QED) is 0.410. The number of hydrazine groups is 1. The lowest BCUT2D eigenvalue weighted by molar-refractivity contribution is -0.118. The normalized spacial score (nSPS) is 12.7. The molecule has 0 radical (unpaired) electrons. The van der Waals surface area contributed by atoms with Crippen molar-refractivity contribution in [3.63, 3.8) is 0 Å². The highest BCUT2D eigenvalue weighted by atomic mass is 32.1. The van der Waals surface area contributed by atoms with Crippen molar-refractivity contribution in [3.8, 4) is 0 Å². The summed E-state index contributed by atoms with van der Waals surface area (Å²) in [5, 5.41) is 1.83. The summed E-state index contributed by atoms with van der Waals surface area (Å²) in [5.74, 6) is -1.76. The van der Waals surface area contributed by atoms with Crippen molar-refractivity contribution in [1.82, 2.24) is 20.7 Å². The molecule has 0 aliphatic carbocycles. The minimum absolute atomic E-state index is 0.0521. The lowest BCUT2D eigenvalue weighted by Crippen LogP contribution is -2.42. The second-order valence-corrected chi connectivity index (χ2v) is 7.10. The molecular weight excluding hydrogens is 408 g/mol. The average Bonchev–Trinajstić information content (AvgIpc) is 3.32. The van der Waals surface area contributed by atoms with Gasteiger partial charge < -0.3 is 9.64 Å². The number of pyridine rings is 1. The fraction of sp³-hybridized carbons (Fsp3) is 0.150. The zero-order chi connectivity index (χ0) is 21.5. The zero-order valence-electron chi connectivity index (χ0n) is 16.0. The molecule has 3 rings (SSSR count). The molecule has 0 spiro atoms. The van der Waals surface area contributed by atoms with E-state index in [1.54, 1.807) is 35.5 Å². The van der Waals surface area contributed by atoms with Gasteiger partial charge in [0.2, 0.25) is 0 Å². The van der Waals surface area contributed by atoms with Gasteiger partial charge in [-0.15, -0.1) is 11.3 Å². The van der Waals surface area contributed by atoms with Crippen LogP contribution in [-0.2, 0) is 9.53 Å². The minimum atomic E-state index is -0.616. The number of hydrogen-bond donors (Lipinski definition) is 2.